The summed E-state index contributed by atoms with van der Waals surface area (Å²) >= 11 is 0. The van der Waals surface area contributed by atoms with Crippen molar-refractivity contribution < 1.29 is 27.5 Å². The number of aromatic nitrogens is 4. The number of carbonyl (C=O) groups is 2. The van der Waals surface area contributed by atoms with Crippen molar-refractivity contribution >= 4 is 17.6 Å². The van der Waals surface area contributed by atoms with Crippen LogP contribution in [-0.4, -0.2) is 44.7 Å². The number of amides is 3. The van der Waals surface area contributed by atoms with E-state index in [4.69, 9.17) is 0 Å². The standard InChI is InChI=1S/C19H15F3N6O3/c20-14-7-24-16-11(4-13(27-28(14)16)12-6-25-19(30)26-17(12)29)10-3-9(10)8-1-2-15(23-5-8)31-18(21)22/h1-2,4-5,7,9-10,12,18H,3,6H2,(H2,25,26,29,30)/t9-,10+,12?/m1/s1. The van der Waals surface area contributed by atoms with E-state index in [9.17, 15) is 22.8 Å². The summed E-state index contributed by atoms with van der Waals surface area (Å²) in [6, 6.07) is 4.14. The highest BCUT2D eigenvalue weighted by atomic mass is 19.3. The third kappa shape index (κ3) is 3.53. The summed E-state index contributed by atoms with van der Waals surface area (Å²) < 4.78 is 44.2. The summed E-state index contributed by atoms with van der Waals surface area (Å²) in [5, 5.41) is 8.92. The average Bonchev–Trinajstić information content (AvgIpc) is 3.44. The molecule has 3 amide bonds. The second-order valence-electron chi connectivity index (χ2n) is 7.35. The molecule has 0 bridgehead atoms. The van der Waals surface area contributed by atoms with Crippen LogP contribution in [0.4, 0.5) is 18.0 Å². The van der Waals surface area contributed by atoms with Gasteiger partial charge in [0, 0.05) is 24.4 Å². The number of imidazole rings is 1. The highest BCUT2D eigenvalue weighted by Crippen LogP contribution is 2.55. The Morgan fingerprint density at radius 2 is 2.00 bits per heavy atom. The second-order valence-corrected chi connectivity index (χ2v) is 7.35. The van der Waals surface area contributed by atoms with E-state index in [2.05, 4.69) is 30.4 Å². The molecule has 2 aliphatic rings. The van der Waals surface area contributed by atoms with Crippen molar-refractivity contribution in [2.24, 2.45) is 0 Å². The van der Waals surface area contributed by atoms with Gasteiger partial charge >= 0.3 is 12.6 Å². The van der Waals surface area contributed by atoms with Crippen molar-refractivity contribution in [2.75, 3.05) is 6.54 Å². The molecule has 2 N–H and O–H groups in total. The Kier molecular flexibility index (Phi) is 4.49. The van der Waals surface area contributed by atoms with Crippen LogP contribution in [0.15, 0.2) is 30.6 Å². The number of fused-ring (bicyclic) bond motifs is 1. The molecule has 3 aromatic heterocycles. The summed E-state index contributed by atoms with van der Waals surface area (Å²) in [6.45, 7) is -2.91. The van der Waals surface area contributed by atoms with Crippen LogP contribution in [0.2, 0.25) is 0 Å². The van der Waals surface area contributed by atoms with Crippen LogP contribution in [0.1, 0.15) is 41.0 Å². The molecule has 1 saturated carbocycles. The highest BCUT2D eigenvalue weighted by molar-refractivity contribution is 6.00. The molecule has 3 aromatic rings. The minimum absolute atomic E-state index is 0.0202. The number of nitrogens with one attached hydrogen (secondary N) is 2. The average molecular weight is 432 g/mol. The van der Waals surface area contributed by atoms with Gasteiger partial charge in [-0.3, -0.25) is 10.1 Å². The summed E-state index contributed by atoms with van der Waals surface area (Å²) in [5.41, 5.74) is 2.16. The SMILES string of the molecule is O=C1NCC(c2cc([C@H]3C[C@@H]3c3ccc(OC(F)F)nc3)c3ncc(F)n3n2)C(=O)N1. The van der Waals surface area contributed by atoms with E-state index in [1.807, 2.05) is 0 Å². The van der Waals surface area contributed by atoms with E-state index in [0.29, 0.717) is 23.3 Å². The number of urea groups is 1. The van der Waals surface area contributed by atoms with Gasteiger partial charge in [0.05, 0.1) is 17.8 Å². The maximum atomic E-state index is 14.3. The third-order valence-corrected chi connectivity index (χ3v) is 5.44. The molecule has 160 valence electrons. The first-order valence-electron chi connectivity index (χ1n) is 9.44. The lowest BCUT2D eigenvalue weighted by molar-refractivity contribution is -0.122. The molecule has 0 spiro atoms. The molecule has 9 nitrogen and oxygen atoms in total. The van der Waals surface area contributed by atoms with Crippen LogP contribution < -0.4 is 15.4 Å². The van der Waals surface area contributed by atoms with Gasteiger partial charge in [0.25, 0.3) is 0 Å². The summed E-state index contributed by atoms with van der Waals surface area (Å²) in [7, 11) is 0. The van der Waals surface area contributed by atoms with Crippen LogP contribution in [0.3, 0.4) is 0 Å². The molecule has 0 radical (unpaired) electrons. The van der Waals surface area contributed by atoms with Crippen molar-refractivity contribution in [1.82, 2.24) is 30.2 Å². The molecule has 12 heteroatoms. The first kappa shape index (κ1) is 19.3. The molecule has 31 heavy (non-hydrogen) atoms. The van der Waals surface area contributed by atoms with Crippen LogP contribution in [0.25, 0.3) is 5.65 Å². The number of hydrogen-bond acceptors (Lipinski definition) is 6. The predicted molar refractivity (Wildman–Crippen MR) is 98.2 cm³/mol. The van der Waals surface area contributed by atoms with Gasteiger partial charge in [0.15, 0.2) is 5.65 Å². The lowest BCUT2D eigenvalue weighted by atomic mass is 9.99. The van der Waals surface area contributed by atoms with Gasteiger partial charge in [0.2, 0.25) is 17.7 Å². The third-order valence-electron chi connectivity index (χ3n) is 5.44. The monoisotopic (exact) mass is 432 g/mol. The van der Waals surface area contributed by atoms with E-state index in [0.717, 1.165) is 16.3 Å². The zero-order valence-corrected chi connectivity index (χ0v) is 15.8. The topological polar surface area (TPSA) is 111 Å². The van der Waals surface area contributed by atoms with E-state index in [1.165, 1.54) is 12.3 Å². The molecule has 1 aliphatic carbocycles. The van der Waals surface area contributed by atoms with Crippen molar-refractivity contribution in [2.45, 2.75) is 30.8 Å². The maximum absolute atomic E-state index is 14.3. The van der Waals surface area contributed by atoms with E-state index < -0.39 is 30.4 Å². The Hall–Kier alpha value is -3.70. The van der Waals surface area contributed by atoms with Gasteiger partial charge in [-0.25, -0.2) is 14.8 Å². The minimum atomic E-state index is -2.95. The van der Waals surface area contributed by atoms with Gasteiger partial charge in [-0.15, -0.1) is 0 Å². The van der Waals surface area contributed by atoms with Crippen LogP contribution in [0.5, 0.6) is 5.88 Å². The number of carbonyl (C=O) groups excluding carboxylic acids is 2. The maximum Gasteiger partial charge on any atom is 0.388 e. The normalized spacial score (nSPS) is 23.0. The molecule has 4 heterocycles. The lowest BCUT2D eigenvalue weighted by Crippen LogP contribution is -2.51. The van der Waals surface area contributed by atoms with E-state index in [-0.39, 0.29) is 24.3 Å². The van der Waals surface area contributed by atoms with Crippen molar-refractivity contribution in [1.29, 1.82) is 0 Å². The van der Waals surface area contributed by atoms with E-state index >= 15 is 0 Å². The Bertz CT molecular complexity index is 1180. The molecule has 0 aromatic carbocycles. The summed E-state index contributed by atoms with van der Waals surface area (Å²) in [4.78, 5) is 31.6. The minimum Gasteiger partial charge on any atom is -0.417 e. The van der Waals surface area contributed by atoms with Gasteiger partial charge in [0.1, 0.15) is 0 Å². The molecule has 1 saturated heterocycles. The summed E-state index contributed by atoms with van der Waals surface area (Å²) in [6.07, 6.45) is 3.23. The second kappa shape index (κ2) is 7.22. The molecule has 1 unspecified atom stereocenters. The number of nitrogens with zero attached hydrogens (tertiary/aromatic N) is 4. The molecule has 3 atom stereocenters. The number of hydrogen-bond donors (Lipinski definition) is 2. The Labute approximate surface area is 172 Å². The fourth-order valence-electron chi connectivity index (χ4n) is 3.88. The van der Waals surface area contributed by atoms with Crippen LogP contribution in [0, 0.1) is 5.95 Å². The first-order chi connectivity index (χ1) is 14.9. The van der Waals surface area contributed by atoms with E-state index in [1.54, 1.807) is 12.1 Å². The van der Waals surface area contributed by atoms with Gasteiger partial charge < -0.3 is 10.1 Å². The molecular formula is C19H15F3N6O3. The zero-order chi connectivity index (χ0) is 21.7. The fraction of sp³-hybridized carbons (Fsp3) is 0.316. The molecular weight excluding hydrogens is 417 g/mol. The number of ether oxygens (including phenoxy) is 1. The van der Waals surface area contributed by atoms with Crippen molar-refractivity contribution in [3.8, 4) is 5.88 Å². The fourth-order valence-corrected chi connectivity index (χ4v) is 3.88. The van der Waals surface area contributed by atoms with Crippen molar-refractivity contribution in [3.63, 3.8) is 0 Å². The molecule has 2 fully saturated rings. The van der Waals surface area contributed by atoms with Gasteiger partial charge in [-0.05, 0) is 29.9 Å². The molecule has 5 rings (SSSR count). The highest BCUT2D eigenvalue weighted by Gasteiger charge is 2.42. The Balaban J connectivity index is 1.46. The quantitative estimate of drug-likeness (QED) is 0.639. The van der Waals surface area contributed by atoms with Gasteiger partial charge in [-0.1, -0.05) is 6.07 Å². The summed E-state index contributed by atoms with van der Waals surface area (Å²) in [5.74, 6) is -2.17. The smallest absolute Gasteiger partial charge is 0.388 e. The van der Waals surface area contributed by atoms with Gasteiger partial charge in [-0.2, -0.15) is 22.8 Å². The number of alkyl halides is 2. The lowest BCUT2D eigenvalue weighted by Gasteiger charge is -2.22. The van der Waals surface area contributed by atoms with Crippen LogP contribution >= 0.6 is 0 Å². The number of imide groups is 1. The van der Waals surface area contributed by atoms with Crippen molar-refractivity contribution in [3.05, 3.63) is 53.4 Å². The zero-order valence-electron chi connectivity index (χ0n) is 15.8. The first-order valence-corrected chi connectivity index (χ1v) is 9.44. The molecule has 1 aliphatic heterocycles. The number of pyridine rings is 1. The van der Waals surface area contributed by atoms with Crippen LogP contribution in [-0.2, 0) is 4.79 Å². The Morgan fingerprint density at radius 3 is 2.71 bits per heavy atom. The number of halogens is 3. The predicted octanol–water partition coefficient (Wildman–Crippen LogP) is 2.06. The Morgan fingerprint density at radius 1 is 1.16 bits per heavy atom. The largest absolute Gasteiger partial charge is 0.417 e. The number of rotatable bonds is 5.